The highest BCUT2D eigenvalue weighted by molar-refractivity contribution is 5.88. The summed E-state index contributed by atoms with van der Waals surface area (Å²) in [4.78, 5) is 3.95. The van der Waals surface area contributed by atoms with Gasteiger partial charge in [-0.15, -0.1) is 0 Å². The number of hydrogen-bond donors (Lipinski definition) is 0. The third-order valence-electron chi connectivity index (χ3n) is 2.21. The van der Waals surface area contributed by atoms with Crippen LogP contribution in [0.3, 0.4) is 0 Å². The van der Waals surface area contributed by atoms with Crippen LogP contribution in [0.15, 0.2) is 24.5 Å². The monoisotopic (exact) mass is 207 g/mol. The molecule has 4 heteroatoms. The number of halogens is 1. The Labute approximate surface area is 86.5 Å². The van der Waals surface area contributed by atoms with Crippen molar-refractivity contribution in [1.82, 2.24) is 4.98 Å². The molecule has 3 nitrogen and oxygen atoms in total. The van der Waals surface area contributed by atoms with Crippen molar-refractivity contribution in [1.29, 1.82) is 0 Å². The van der Waals surface area contributed by atoms with Crippen LogP contribution in [-0.4, -0.2) is 19.2 Å². The van der Waals surface area contributed by atoms with Crippen LogP contribution < -0.4 is 9.47 Å². The van der Waals surface area contributed by atoms with Crippen LogP contribution in [0.4, 0.5) is 4.39 Å². The molecule has 0 spiro atoms. The Hall–Kier alpha value is -1.84. The molecule has 0 atom stereocenters. The highest BCUT2D eigenvalue weighted by atomic mass is 19.1. The molecule has 1 aromatic carbocycles. The van der Waals surface area contributed by atoms with Gasteiger partial charge in [0, 0.05) is 17.0 Å². The summed E-state index contributed by atoms with van der Waals surface area (Å²) >= 11 is 0. The molecular formula is C11H10FNO2. The Morgan fingerprint density at radius 1 is 1.07 bits per heavy atom. The molecule has 0 aliphatic heterocycles. The van der Waals surface area contributed by atoms with Gasteiger partial charge in [-0.1, -0.05) is 0 Å². The number of methoxy groups -OCH3 is 2. The van der Waals surface area contributed by atoms with Crippen LogP contribution >= 0.6 is 0 Å². The first-order valence-corrected chi connectivity index (χ1v) is 4.41. The van der Waals surface area contributed by atoms with Gasteiger partial charge in [-0.05, 0) is 12.1 Å². The molecule has 0 amide bonds. The molecule has 0 aliphatic rings. The second-order valence-electron chi connectivity index (χ2n) is 3.05. The predicted octanol–water partition coefficient (Wildman–Crippen LogP) is 2.39. The van der Waals surface area contributed by atoms with Crippen LogP contribution in [-0.2, 0) is 0 Å². The average molecular weight is 207 g/mol. The summed E-state index contributed by atoms with van der Waals surface area (Å²) in [6.45, 7) is 0. The average Bonchev–Trinajstić information content (AvgIpc) is 2.27. The number of nitrogens with zero attached hydrogens (tertiary/aromatic N) is 1. The zero-order valence-electron chi connectivity index (χ0n) is 8.45. The van der Waals surface area contributed by atoms with Gasteiger partial charge in [0.05, 0.1) is 20.4 Å². The van der Waals surface area contributed by atoms with E-state index in [1.165, 1.54) is 13.2 Å². The predicted molar refractivity (Wildman–Crippen MR) is 54.8 cm³/mol. The van der Waals surface area contributed by atoms with Crippen LogP contribution in [0, 0.1) is 5.82 Å². The van der Waals surface area contributed by atoms with Crippen molar-refractivity contribution >= 4 is 10.8 Å². The number of benzene rings is 1. The molecule has 15 heavy (non-hydrogen) atoms. The van der Waals surface area contributed by atoms with E-state index in [1.54, 1.807) is 25.6 Å². The summed E-state index contributed by atoms with van der Waals surface area (Å²) in [7, 11) is 2.98. The third-order valence-corrected chi connectivity index (χ3v) is 2.21. The maximum absolute atomic E-state index is 13.4. The Balaban J connectivity index is 2.76. The van der Waals surface area contributed by atoms with Crippen molar-refractivity contribution in [3.63, 3.8) is 0 Å². The zero-order chi connectivity index (χ0) is 10.8. The van der Waals surface area contributed by atoms with E-state index in [9.17, 15) is 4.39 Å². The first-order chi connectivity index (χ1) is 7.26. The summed E-state index contributed by atoms with van der Waals surface area (Å²) in [6, 6.07) is 2.98. The molecule has 0 N–H and O–H groups in total. The SMILES string of the molecule is COc1cc2c(OC)cncc2cc1F. The smallest absolute Gasteiger partial charge is 0.165 e. The number of rotatable bonds is 2. The number of ether oxygens (including phenoxy) is 2. The lowest BCUT2D eigenvalue weighted by Crippen LogP contribution is -1.91. The van der Waals surface area contributed by atoms with Crippen molar-refractivity contribution in [2.45, 2.75) is 0 Å². The van der Waals surface area contributed by atoms with E-state index >= 15 is 0 Å². The van der Waals surface area contributed by atoms with Crippen molar-refractivity contribution in [2.75, 3.05) is 14.2 Å². The summed E-state index contributed by atoms with van der Waals surface area (Å²) < 4.78 is 23.4. The fraction of sp³-hybridized carbons (Fsp3) is 0.182. The van der Waals surface area contributed by atoms with Gasteiger partial charge in [-0.3, -0.25) is 4.98 Å². The highest BCUT2D eigenvalue weighted by Gasteiger charge is 2.08. The summed E-state index contributed by atoms with van der Waals surface area (Å²) in [5, 5.41) is 1.47. The first kappa shape index (κ1) is 9.71. The quantitative estimate of drug-likeness (QED) is 0.757. The molecule has 0 saturated heterocycles. The largest absolute Gasteiger partial charge is 0.494 e. The number of pyridine rings is 1. The minimum absolute atomic E-state index is 0.201. The normalized spacial score (nSPS) is 10.3. The molecule has 0 unspecified atom stereocenters. The number of aromatic nitrogens is 1. The summed E-state index contributed by atoms with van der Waals surface area (Å²) in [5.74, 6) is 0.401. The standard InChI is InChI=1S/C11H10FNO2/c1-14-10-4-8-7(3-9(10)12)5-13-6-11(8)15-2/h3-6H,1-2H3. The first-order valence-electron chi connectivity index (χ1n) is 4.41. The summed E-state index contributed by atoms with van der Waals surface area (Å²) in [6.07, 6.45) is 3.17. The summed E-state index contributed by atoms with van der Waals surface area (Å²) in [5.41, 5.74) is 0. The molecule has 0 aliphatic carbocycles. The number of fused-ring (bicyclic) bond motifs is 1. The maximum Gasteiger partial charge on any atom is 0.165 e. The van der Waals surface area contributed by atoms with Gasteiger partial charge >= 0.3 is 0 Å². The van der Waals surface area contributed by atoms with Crippen LogP contribution in [0.5, 0.6) is 11.5 Å². The Bertz CT molecular complexity index is 499. The lowest BCUT2D eigenvalue weighted by molar-refractivity contribution is 0.386. The van der Waals surface area contributed by atoms with E-state index < -0.39 is 5.82 Å². The van der Waals surface area contributed by atoms with Crippen molar-refractivity contribution in [3.05, 3.63) is 30.3 Å². The molecule has 0 bridgehead atoms. The lowest BCUT2D eigenvalue weighted by atomic mass is 10.1. The van der Waals surface area contributed by atoms with Crippen LogP contribution in [0.2, 0.25) is 0 Å². The van der Waals surface area contributed by atoms with E-state index in [4.69, 9.17) is 9.47 Å². The molecule has 2 aromatic rings. The zero-order valence-corrected chi connectivity index (χ0v) is 8.45. The Kier molecular flexibility index (Phi) is 2.41. The Morgan fingerprint density at radius 3 is 2.47 bits per heavy atom. The highest BCUT2D eigenvalue weighted by Crippen LogP contribution is 2.29. The van der Waals surface area contributed by atoms with Crippen molar-refractivity contribution < 1.29 is 13.9 Å². The van der Waals surface area contributed by atoms with Gasteiger partial charge in [-0.25, -0.2) is 4.39 Å². The fourth-order valence-corrected chi connectivity index (χ4v) is 1.46. The van der Waals surface area contributed by atoms with E-state index in [1.807, 2.05) is 0 Å². The van der Waals surface area contributed by atoms with Gasteiger partial charge < -0.3 is 9.47 Å². The van der Waals surface area contributed by atoms with E-state index in [0.29, 0.717) is 11.1 Å². The molecule has 78 valence electrons. The van der Waals surface area contributed by atoms with Gasteiger partial charge in [-0.2, -0.15) is 0 Å². The molecule has 1 aromatic heterocycles. The van der Waals surface area contributed by atoms with E-state index in [2.05, 4.69) is 4.98 Å². The molecule has 1 heterocycles. The molecule has 0 radical (unpaired) electrons. The fourth-order valence-electron chi connectivity index (χ4n) is 1.46. The minimum atomic E-state index is -0.403. The maximum atomic E-state index is 13.4. The van der Waals surface area contributed by atoms with E-state index in [0.717, 1.165) is 5.39 Å². The van der Waals surface area contributed by atoms with Crippen molar-refractivity contribution in [3.8, 4) is 11.5 Å². The van der Waals surface area contributed by atoms with Gasteiger partial charge in [0.15, 0.2) is 11.6 Å². The van der Waals surface area contributed by atoms with Crippen LogP contribution in [0.1, 0.15) is 0 Å². The van der Waals surface area contributed by atoms with E-state index in [-0.39, 0.29) is 5.75 Å². The Morgan fingerprint density at radius 2 is 1.80 bits per heavy atom. The third kappa shape index (κ3) is 1.58. The molecule has 2 rings (SSSR count). The minimum Gasteiger partial charge on any atom is -0.494 e. The van der Waals surface area contributed by atoms with Gasteiger partial charge in [0.25, 0.3) is 0 Å². The number of hydrogen-bond acceptors (Lipinski definition) is 3. The van der Waals surface area contributed by atoms with Crippen LogP contribution in [0.25, 0.3) is 10.8 Å². The topological polar surface area (TPSA) is 31.4 Å². The van der Waals surface area contributed by atoms with Crippen molar-refractivity contribution in [2.24, 2.45) is 0 Å². The molecule has 0 fully saturated rings. The second-order valence-corrected chi connectivity index (χ2v) is 3.05. The lowest BCUT2D eigenvalue weighted by Gasteiger charge is -2.07. The van der Waals surface area contributed by atoms with Gasteiger partial charge in [0.2, 0.25) is 0 Å². The molecular weight excluding hydrogens is 197 g/mol. The van der Waals surface area contributed by atoms with Gasteiger partial charge in [0.1, 0.15) is 5.75 Å². The second kappa shape index (κ2) is 3.73. The molecule has 0 saturated carbocycles.